The third-order valence-electron chi connectivity index (χ3n) is 8.31. The maximum absolute atomic E-state index is 12.8. The quantitative estimate of drug-likeness (QED) is 0.141. The van der Waals surface area contributed by atoms with Gasteiger partial charge in [-0.1, -0.05) is 66.3 Å². The van der Waals surface area contributed by atoms with E-state index in [9.17, 15) is 14.4 Å². The monoisotopic (exact) mass is 677 g/mol. The predicted octanol–water partition coefficient (Wildman–Crippen LogP) is 7.24. The molecule has 1 aliphatic rings. The summed E-state index contributed by atoms with van der Waals surface area (Å²) in [5, 5.41) is 3.73. The first-order valence-corrected chi connectivity index (χ1v) is 17.7. The Kier molecular flexibility index (Phi) is 13.4. The van der Waals surface area contributed by atoms with Crippen LogP contribution in [0.4, 0.5) is 15.6 Å². The van der Waals surface area contributed by atoms with E-state index >= 15 is 0 Å². The molecule has 2 amide bonds. The summed E-state index contributed by atoms with van der Waals surface area (Å²) in [4.78, 5) is 49.3. The molecule has 0 radical (unpaired) electrons. The zero-order valence-corrected chi connectivity index (χ0v) is 30.1. The van der Waals surface area contributed by atoms with Gasteiger partial charge in [0.15, 0.2) is 5.13 Å². The molecule has 1 fully saturated rings. The maximum atomic E-state index is 12.8. The molecule has 2 aromatic carbocycles. The fraction of sp³-hybridized carbons (Fsp3) is 0.514. The van der Waals surface area contributed by atoms with Crippen LogP contribution in [0.15, 0.2) is 54.6 Å². The summed E-state index contributed by atoms with van der Waals surface area (Å²) in [5.41, 5.74) is 2.86. The summed E-state index contributed by atoms with van der Waals surface area (Å²) in [7, 11) is 3.85. The molecule has 0 spiro atoms. The van der Waals surface area contributed by atoms with Crippen LogP contribution in [0.1, 0.15) is 74.7 Å². The van der Waals surface area contributed by atoms with Crippen molar-refractivity contribution in [2.24, 2.45) is 0 Å². The Morgan fingerprint density at radius 2 is 1.65 bits per heavy atom. The SMILES string of the molecule is Cc1nc(N(C)CCCCCC(=O)N(C)CCN2CCC(OC(=O)Nc3ccccc3-c3ccccc3)CC2)sc1C(=O)OC(C)(C)C. The number of hydrogen-bond donors (Lipinski definition) is 1. The zero-order valence-electron chi connectivity index (χ0n) is 29.3. The molecule has 1 aliphatic heterocycles. The van der Waals surface area contributed by atoms with Crippen LogP contribution in [0.5, 0.6) is 0 Å². The van der Waals surface area contributed by atoms with Crippen LogP contribution >= 0.6 is 11.3 Å². The first kappa shape index (κ1) is 36.9. The van der Waals surface area contributed by atoms with Crippen molar-refractivity contribution in [3.8, 4) is 11.1 Å². The average Bonchev–Trinajstić information content (AvgIpc) is 3.45. The number of para-hydroxylation sites is 1. The molecule has 11 heteroatoms. The van der Waals surface area contributed by atoms with Gasteiger partial charge in [-0.3, -0.25) is 10.1 Å². The third kappa shape index (κ3) is 11.3. The fourth-order valence-electron chi connectivity index (χ4n) is 5.57. The minimum Gasteiger partial charge on any atom is -0.456 e. The smallest absolute Gasteiger partial charge is 0.411 e. The lowest BCUT2D eigenvalue weighted by Gasteiger charge is -2.32. The molecule has 1 saturated heterocycles. The number of nitrogens with zero attached hydrogens (tertiary/aromatic N) is 4. The van der Waals surface area contributed by atoms with Gasteiger partial charge in [0, 0.05) is 58.8 Å². The number of ether oxygens (including phenoxy) is 2. The number of rotatable bonds is 14. The number of hydrogen-bond acceptors (Lipinski definition) is 9. The summed E-state index contributed by atoms with van der Waals surface area (Å²) in [6, 6.07) is 17.7. The Morgan fingerprint density at radius 1 is 0.958 bits per heavy atom. The molecule has 48 heavy (non-hydrogen) atoms. The lowest BCUT2D eigenvalue weighted by Crippen LogP contribution is -2.42. The lowest BCUT2D eigenvalue weighted by atomic mass is 10.0. The first-order chi connectivity index (χ1) is 22.9. The zero-order chi connectivity index (χ0) is 34.7. The first-order valence-electron chi connectivity index (χ1n) is 16.9. The van der Waals surface area contributed by atoms with Crippen LogP contribution in [-0.4, -0.2) is 91.3 Å². The number of unbranched alkanes of at least 4 members (excludes halogenated alkanes) is 2. The van der Waals surface area contributed by atoms with E-state index in [0.29, 0.717) is 23.5 Å². The number of thiazole rings is 1. The van der Waals surface area contributed by atoms with E-state index in [2.05, 4.69) is 20.1 Å². The number of piperidine rings is 1. The standard InChI is InChI=1S/C37H51N5O5S/c1-27-33(34(44)47-37(2,3)4)48-35(38-27)41(6)22-14-8-11-19-32(43)40(5)25-26-42-23-20-29(21-24-42)46-36(45)39-31-18-13-12-17-30(31)28-15-9-7-10-16-28/h7,9-10,12-13,15-18,29H,8,11,14,19-26H2,1-6H3,(H,39,45). The highest BCUT2D eigenvalue weighted by Gasteiger charge is 2.25. The summed E-state index contributed by atoms with van der Waals surface area (Å²) < 4.78 is 11.3. The molecule has 0 bridgehead atoms. The number of anilines is 2. The molecular weight excluding hydrogens is 627 g/mol. The van der Waals surface area contributed by atoms with E-state index in [4.69, 9.17) is 9.47 Å². The van der Waals surface area contributed by atoms with Crippen molar-refractivity contribution in [3.05, 3.63) is 65.2 Å². The molecule has 0 unspecified atom stereocenters. The summed E-state index contributed by atoms with van der Waals surface area (Å²) >= 11 is 1.36. The Labute approximate surface area is 289 Å². The number of nitrogens with one attached hydrogen (secondary N) is 1. The van der Waals surface area contributed by atoms with Gasteiger partial charge in [-0.25, -0.2) is 14.6 Å². The topological polar surface area (TPSA) is 104 Å². The Morgan fingerprint density at radius 3 is 2.35 bits per heavy atom. The van der Waals surface area contributed by atoms with Gasteiger partial charge >= 0.3 is 12.1 Å². The van der Waals surface area contributed by atoms with Crippen molar-refractivity contribution >= 4 is 40.1 Å². The number of carbonyl (C=O) groups excluding carboxylic acids is 3. The Bertz CT molecular complexity index is 1500. The van der Waals surface area contributed by atoms with E-state index in [-0.39, 0.29) is 18.0 Å². The Hall–Kier alpha value is -3.96. The number of carbonyl (C=O) groups is 3. The highest BCUT2D eigenvalue weighted by atomic mass is 32.1. The van der Waals surface area contributed by atoms with Crippen molar-refractivity contribution in [3.63, 3.8) is 0 Å². The molecule has 1 N–H and O–H groups in total. The largest absolute Gasteiger partial charge is 0.456 e. The van der Waals surface area contributed by atoms with Gasteiger partial charge in [0.2, 0.25) is 5.91 Å². The van der Waals surface area contributed by atoms with Gasteiger partial charge in [0.25, 0.3) is 0 Å². The van der Waals surface area contributed by atoms with E-state index < -0.39 is 11.7 Å². The minimum absolute atomic E-state index is 0.129. The van der Waals surface area contributed by atoms with Crippen LogP contribution in [0.3, 0.4) is 0 Å². The van der Waals surface area contributed by atoms with Gasteiger partial charge in [-0.15, -0.1) is 0 Å². The summed E-state index contributed by atoms with van der Waals surface area (Å²) in [6.45, 7) is 11.3. The fourth-order valence-corrected chi connectivity index (χ4v) is 6.50. The number of amides is 2. The number of likely N-dealkylation sites (tertiary alicyclic amines) is 1. The summed E-state index contributed by atoms with van der Waals surface area (Å²) in [5.74, 6) is -0.175. The van der Waals surface area contributed by atoms with Gasteiger partial charge in [0.1, 0.15) is 16.6 Å². The number of likely N-dealkylation sites (N-methyl/N-ethyl adjacent to an activating group) is 1. The molecule has 3 aromatic rings. The maximum Gasteiger partial charge on any atom is 0.411 e. The van der Waals surface area contributed by atoms with Crippen LogP contribution < -0.4 is 10.2 Å². The molecule has 260 valence electrons. The lowest BCUT2D eigenvalue weighted by molar-refractivity contribution is -0.130. The minimum atomic E-state index is -0.545. The second kappa shape index (κ2) is 17.4. The predicted molar refractivity (Wildman–Crippen MR) is 193 cm³/mol. The molecule has 2 heterocycles. The van der Waals surface area contributed by atoms with Crippen LogP contribution in [0, 0.1) is 6.92 Å². The molecule has 4 rings (SSSR count). The van der Waals surface area contributed by atoms with Crippen molar-refractivity contribution in [2.75, 3.05) is 57.0 Å². The summed E-state index contributed by atoms with van der Waals surface area (Å²) in [6.07, 6.45) is 4.20. The van der Waals surface area contributed by atoms with E-state index in [1.54, 1.807) is 0 Å². The second-order valence-electron chi connectivity index (χ2n) is 13.4. The van der Waals surface area contributed by atoms with Crippen LogP contribution in [-0.2, 0) is 14.3 Å². The van der Waals surface area contributed by atoms with Gasteiger partial charge in [-0.05, 0) is 65.0 Å². The number of benzene rings is 2. The van der Waals surface area contributed by atoms with E-state index in [1.807, 2.05) is 101 Å². The molecule has 0 saturated carbocycles. The number of aryl methyl sites for hydroxylation is 1. The van der Waals surface area contributed by atoms with Gasteiger partial charge in [0.05, 0.1) is 11.4 Å². The highest BCUT2D eigenvalue weighted by molar-refractivity contribution is 7.17. The van der Waals surface area contributed by atoms with Crippen molar-refractivity contribution in [1.29, 1.82) is 0 Å². The normalized spacial score (nSPS) is 14.0. The average molecular weight is 678 g/mol. The van der Waals surface area contributed by atoms with E-state index in [0.717, 1.165) is 80.2 Å². The molecule has 0 atom stereocenters. The third-order valence-corrected chi connectivity index (χ3v) is 9.57. The van der Waals surface area contributed by atoms with Crippen LogP contribution in [0.25, 0.3) is 11.1 Å². The highest BCUT2D eigenvalue weighted by Crippen LogP contribution is 2.29. The van der Waals surface area contributed by atoms with E-state index in [1.165, 1.54) is 11.3 Å². The second-order valence-corrected chi connectivity index (χ2v) is 14.4. The van der Waals surface area contributed by atoms with Gasteiger partial charge in [-0.2, -0.15) is 0 Å². The number of aromatic nitrogens is 1. The van der Waals surface area contributed by atoms with Crippen LogP contribution in [0.2, 0.25) is 0 Å². The van der Waals surface area contributed by atoms with Crippen molar-refractivity contribution < 1.29 is 23.9 Å². The molecular formula is C37H51N5O5S. The Balaban J connectivity index is 1.08. The van der Waals surface area contributed by atoms with Crippen molar-refractivity contribution in [1.82, 2.24) is 14.8 Å². The number of esters is 1. The van der Waals surface area contributed by atoms with Crippen molar-refractivity contribution in [2.45, 2.75) is 77.9 Å². The molecule has 0 aliphatic carbocycles. The molecule has 10 nitrogen and oxygen atoms in total. The molecule has 1 aromatic heterocycles. The van der Waals surface area contributed by atoms with Gasteiger partial charge < -0.3 is 24.2 Å².